The second-order valence-electron chi connectivity index (χ2n) is 4.93. The SMILES string of the molecule is Cc1cccc(CS(=O)(=O)N2CCC(C(=O)O)C2)c1. The van der Waals surface area contributed by atoms with Gasteiger partial charge in [-0.15, -0.1) is 0 Å². The Morgan fingerprint density at radius 3 is 2.79 bits per heavy atom. The third-order valence-electron chi connectivity index (χ3n) is 3.33. The smallest absolute Gasteiger partial charge is 0.307 e. The summed E-state index contributed by atoms with van der Waals surface area (Å²) in [6.45, 7) is 2.29. The Morgan fingerprint density at radius 2 is 2.21 bits per heavy atom. The van der Waals surface area contributed by atoms with Gasteiger partial charge in [0.05, 0.1) is 11.7 Å². The molecule has 19 heavy (non-hydrogen) atoms. The second kappa shape index (κ2) is 5.30. The van der Waals surface area contributed by atoms with Gasteiger partial charge in [-0.3, -0.25) is 4.79 Å². The molecule has 1 atom stereocenters. The molecule has 104 valence electrons. The van der Waals surface area contributed by atoms with Crippen LogP contribution in [-0.4, -0.2) is 36.9 Å². The zero-order valence-electron chi connectivity index (χ0n) is 10.7. The summed E-state index contributed by atoms with van der Waals surface area (Å²) in [6, 6.07) is 7.34. The van der Waals surface area contributed by atoms with Gasteiger partial charge in [-0.05, 0) is 18.9 Å². The number of nitrogens with zero attached hydrogens (tertiary/aromatic N) is 1. The molecule has 0 bridgehead atoms. The van der Waals surface area contributed by atoms with Crippen molar-refractivity contribution in [1.29, 1.82) is 0 Å². The number of carbonyl (C=O) groups is 1. The maximum atomic E-state index is 12.2. The first-order chi connectivity index (χ1) is 8.88. The molecule has 0 amide bonds. The van der Waals surface area contributed by atoms with Crippen LogP contribution in [0, 0.1) is 12.8 Å². The Hall–Kier alpha value is -1.40. The molecule has 2 rings (SSSR count). The predicted molar refractivity (Wildman–Crippen MR) is 71.1 cm³/mol. The maximum absolute atomic E-state index is 12.2. The van der Waals surface area contributed by atoms with Crippen molar-refractivity contribution in [3.8, 4) is 0 Å². The molecule has 1 aromatic carbocycles. The van der Waals surface area contributed by atoms with Crippen LogP contribution >= 0.6 is 0 Å². The molecule has 1 aliphatic heterocycles. The number of benzene rings is 1. The highest BCUT2D eigenvalue weighted by Gasteiger charge is 2.34. The van der Waals surface area contributed by atoms with E-state index in [-0.39, 0.29) is 12.3 Å². The van der Waals surface area contributed by atoms with Crippen LogP contribution in [0.25, 0.3) is 0 Å². The van der Waals surface area contributed by atoms with E-state index in [0.29, 0.717) is 13.0 Å². The topological polar surface area (TPSA) is 74.7 Å². The van der Waals surface area contributed by atoms with Crippen LogP contribution in [0.1, 0.15) is 17.5 Å². The van der Waals surface area contributed by atoms with Gasteiger partial charge in [-0.2, -0.15) is 0 Å². The van der Waals surface area contributed by atoms with Gasteiger partial charge in [0.1, 0.15) is 0 Å². The lowest BCUT2D eigenvalue weighted by atomic mass is 10.1. The summed E-state index contributed by atoms with van der Waals surface area (Å²) in [5.41, 5.74) is 1.75. The van der Waals surface area contributed by atoms with Crippen molar-refractivity contribution in [3.05, 3.63) is 35.4 Å². The summed E-state index contributed by atoms with van der Waals surface area (Å²) in [4.78, 5) is 10.9. The van der Waals surface area contributed by atoms with E-state index in [1.54, 1.807) is 6.07 Å². The average Bonchev–Trinajstić information content (AvgIpc) is 2.78. The number of sulfonamides is 1. The van der Waals surface area contributed by atoms with Crippen LogP contribution in [0.2, 0.25) is 0 Å². The summed E-state index contributed by atoms with van der Waals surface area (Å²) >= 11 is 0. The molecule has 1 heterocycles. The molecular formula is C13H17NO4S. The van der Waals surface area contributed by atoms with Crippen LogP contribution in [0.5, 0.6) is 0 Å². The molecule has 0 saturated carbocycles. The van der Waals surface area contributed by atoms with Crippen LogP contribution in [0.3, 0.4) is 0 Å². The van der Waals surface area contributed by atoms with Gasteiger partial charge in [0.2, 0.25) is 10.0 Å². The summed E-state index contributed by atoms with van der Waals surface area (Å²) in [5.74, 6) is -1.57. The summed E-state index contributed by atoms with van der Waals surface area (Å²) in [5, 5.41) is 8.90. The molecule has 1 aromatic rings. The lowest BCUT2D eigenvalue weighted by Crippen LogP contribution is -2.31. The van der Waals surface area contributed by atoms with E-state index in [4.69, 9.17) is 5.11 Å². The Balaban J connectivity index is 2.09. The molecule has 6 heteroatoms. The fraction of sp³-hybridized carbons (Fsp3) is 0.462. The number of carboxylic acids is 1. The number of hydrogen-bond donors (Lipinski definition) is 1. The van der Waals surface area contributed by atoms with E-state index in [1.807, 2.05) is 25.1 Å². The first-order valence-electron chi connectivity index (χ1n) is 6.14. The van der Waals surface area contributed by atoms with E-state index in [0.717, 1.165) is 11.1 Å². The van der Waals surface area contributed by atoms with Crippen molar-refractivity contribution in [3.63, 3.8) is 0 Å². The van der Waals surface area contributed by atoms with Crippen molar-refractivity contribution in [2.75, 3.05) is 13.1 Å². The first-order valence-corrected chi connectivity index (χ1v) is 7.75. The van der Waals surface area contributed by atoms with Gasteiger partial charge in [-0.25, -0.2) is 12.7 Å². The number of carboxylic acid groups (broad SMARTS) is 1. The normalized spacial score (nSPS) is 20.6. The third-order valence-corrected chi connectivity index (χ3v) is 5.14. The molecule has 0 aliphatic carbocycles. The average molecular weight is 283 g/mol. The minimum absolute atomic E-state index is 0.0684. The highest BCUT2D eigenvalue weighted by atomic mass is 32.2. The van der Waals surface area contributed by atoms with Gasteiger partial charge in [0, 0.05) is 13.1 Å². The van der Waals surface area contributed by atoms with E-state index in [1.165, 1.54) is 4.31 Å². The molecule has 1 fully saturated rings. The maximum Gasteiger partial charge on any atom is 0.307 e. The number of aryl methyl sites for hydroxylation is 1. The van der Waals surface area contributed by atoms with Crippen molar-refractivity contribution in [2.45, 2.75) is 19.1 Å². The van der Waals surface area contributed by atoms with Gasteiger partial charge < -0.3 is 5.11 Å². The van der Waals surface area contributed by atoms with E-state index in [2.05, 4.69) is 0 Å². The quantitative estimate of drug-likeness (QED) is 0.902. The summed E-state index contributed by atoms with van der Waals surface area (Å²) in [7, 11) is -3.43. The monoisotopic (exact) mass is 283 g/mol. The number of hydrogen-bond acceptors (Lipinski definition) is 3. The lowest BCUT2D eigenvalue weighted by molar-refractivity contribution is -0.141. The molecule has 0 aromatic heterocycles. The molecule has 1 N–H and O–H groups in total. The van der Waals surface area contributed by atoms with E-state index >= 15 is 0 Å². The summed E-state index contributed by atoms with van der Waals surface area (Å²) < 4.78 is 25.7. The highest BCUT2D eigenvalue weighted by molar-refractivity contribution is 7.88. The third kappa shape index (κ3) is 3.33. The Kier molecular flexibility index (Phi) is 3.91. The van der Waals surface area contributed by atoms with Crippen molar-refractivity contribution < 1.29 is 18.3 Å². The lowest BCUT2D eigenvalue weighted by Gasteiger charge is -2.16. The molecule has 0 spiro atoms. The molecule has 1 unspecified atom stereocenters. The largest absolute Gasteiger partial charge is 0.481 e. The fourth-order valence-corrected chi connectivity index (χ4v) is 3.86. The Morgan fingerprint density at radius 1 is 1.47 bits per heavy atom. The van der Waals surface area contributed by atoms with Crippen LogP contribution < -0.4 is 0 Å². The van der Waals surface area contributed by atoms with Crippen LogP contribution in [0.15, 0.2) is 24.3 Å². The number of rotatable bonds is 4. The molecule has 1 aliphatic rings. The zero-order chi connectivity index (χ0) is 14.0. The van der Waals surface area contributed by atoms with Crippen molar-refractivity contribution >= 4 is 16.0 Å². The standard InChI is InChI=1S/C13H17NO4S/c1-10-3-2-4-11(7-10)9-19(17,18)14-6-5-12(8-14)13(15)16/h2-4,7,12H,5-6,8-9H2,1H3,(H,15,16). The Labute approximate surface area is 112 Å². The first kappa shape index (κ1) is 14.0. The Bertz CT molecular complexity index is 582. The van der Waals surface area contributed by atoms with Gasteiger partial charge in [0.15, 0.2) is 0 Å². The van der Waals surface area contributed by atoms with Crippen LogP contribution in [-0.2, 0) is 20.6 Å². The molecule has 0 radical (unpaired) electrons. The summed E-state index contributed by atoms with van der Waals surface area (Å²) in [6.07, 6.45) is 0.391. The van der Waals surface area contributed by atoms with Gasteiger partial charge in [-0.1, -0.05) is 29.8 Å². The number of aliphatic carboxylic acids is 1. The second-order valence-corrected chi connectivity index (χ2v) is 6.90. The molecular weight excluding hydrogens is 266 g/mol. The van der Waals surface area contributed by atoms with Crippen molar-refractivity contribution in [2.24, 2.45) is 5.92 Å². The highest BCUT2D eigenvalue weighted by Crippen LogP contribution is 2.22. The predicted octanol–water partition coefficient (Wildman–Crippen LogP) is 1.23. The zero-order valence-corrected chi connectivity index (χ0v) is 11.6. The minimum atomic E-state index is -3.43. The van der Waals surface area contributed by atoms with Gasteiger partial charge in [0.25, 0.3) is 0 Å². The molecule has 5 nitrogen and oxygen atoms in total. The van der Waals surface area contributed by atoms with Crippen LogP contribution in [0.4, 0.5) is 0 Å². The van der Waals surface area contributed by atoms with E-state index in [9.17, 15) is 13.2 Å². The van der Waals surface area contributed by atoms with Crippen molar-refractivity contribution in [1.82, 2.24) is 4.31 Å². The van der Waals surface area contributed by atoms with Gasteiger partial charge >= 0.3 is 5.97 Å². The molecule has 1 saturated heterocycles. The fourth-order valence-electron chi connectivity index (χ4n) is 2.29. The van der Waals surface area contributed by atoms with E-state index < -0.39 is 21.9 Å². The minimum Gasteiger partial charge on any atom is -0.481 e.